The summed E-state index contributed by atoms with van der Waals surface area (Å²) >= 11 is 0. The molecule has 0 unspecified atom stereocenters. The van der Waals surface area contributed by atoms with Gasteiger partial charge in [-0.3, -0.25) is 59.4 Å². The van der Waals surface area contributed by atoms with Gasteiger partial charge in [0.25, 0.3) is 34.0 Å². The van der Waals surface area contributed by atoms with Crippen molar-refractivity contribution in [2.75, 3.05) is 54.0 Å². The Kier molecular flexibility index (Phi) is 10.0. The molecule has 9 rings (SSSR count). The second-order valence-electron chi connectivity index (χ2n) is 16.0. The van der Waals surface area contributed by atoms with Crippen LogP contribution in [0.2, 0.25) is 0 Å². The van der Waals surface area contributed by atoms with E-state index in [-0.39, 0.29) is 33.8 Å². The van der Waals surface area contributed by atoms with Gasteiger partial charge in [-0.05, 0) is 39.8 Å². The molecular weight excluding hydrogens is 908 g/mol. The molecule has 0 aromatic heterocycles. The molecule has 8 amide bonds. The third kappa shape index (κ3) is 4.86. The quantitative estimate of drug-likeness (QED) is 0.125. The van der Waals surface area contributed by atoms with Crippen molar-refractivity contribution >= 4 is 59.4 Å². The number of carbonyl (C=O) groups is 8. The number of rotatable bonds is 12. The van der Waals surface area contributed by atoms with Gasteiger partial charge in [0.2, 0.25) is 0 Å². The third-order valence-electron chi connectivity index (χ3n) is 13.6. The molecule has 0 aliphatic carbocycles. The maximum Gasteiger partial charge on any atom is 0.359 e. The molecule has 0 saturated carbocycles. The summed E-state index contributed by atoms with van der Waals surface area (Å²) in [4.78, 5) is 153. The summed E-state index contributed by atoms with van der Waals surface area (Å²) in [5.41, 5.74) is -14.1. The summed E-state index contributed by atoms with van der Waals surface area (Å²) in [5.74, 6) is -5.90. The lowest BCUT2D eigenvalue weighted by molar-refractivity contribution is -0.385. The van der Waals surface area contributed by atoms with Crippen molar-refractivity contribution in [3.05, 3.63) is 66.7 Å². The third-order valence-corrected chi connectivity index (χ3v) is 13.6. The van der Waals surface area contributed by atoms with Gasteiger partial charge >= 0.3 is 48.0 Å². The van der Waals surface area contributed by atoms with Crippen molar-refractivity contribution in [1.82, 2.24) is 39.2 Å². The maximum absolute atomic E-state index is 15.8. The average molecular weight is 951 g/mol. The van der Waals surface area contributed by atoms with Crippen molar-refractivity contribution < 1.29 is 76.6 Å². The summed E-state index contributed by atoms with van der Waals surface area (Å²) in [5, 5.41) is 25.3. The van der Waals surface area contributed by atoms with Gasteiger partial charge in [-0.15, -0.1) is 0 Å². The number of nitro groups is 2. The summed E-state index contributed by atoms with van der Waals surface area (Å²) in [6.07, 6.45) is 0. The molecule has 7 aliphatic heterocycles. The topological polar surface area (TPSA) is 304 Å². The Morgan fingerprint density at radius 2 is 0.721 bits per heavy atom. The Hall–Kier alpha value is -8.20. The van der Waals surface area contributed by atoms with Gasteiger partial charge in [0.05, 0.1) is 87.8 Å². The van der Waals surface area contributed by atoms with Crippen molar-refractivity contribution in [3.8, 4) is 11.5 Å². The van der Waals surface area contributed by atoms with E-state index in [4.69, 9.17) is 28.4 Å². The minimum absolute atomic E-state index is 0.0324. The van der Waals surface area contributed by atoms with E-state index >= 15 is 38.4 Å². The van der Waals surface area contributed by atoms with E-state index in [0.717, 1.165) is 21.9 Å². The average Bonchev–Trinajstić information content (AvgIpc) is 3.67. The number of ether oxygens (including phenoxy) is 6. The molecule has 360 valence electrons. The number of hydrogen-bond acceptors (Lipinski definition) is 18. The Bertz CT molecular complexity index is 2520. The first-order chi connectivity index (χ1) is 32.4. The van der Waals surface area contributed by atoms with Crippen LogP contribution in [0.4, 0.5) is 30.6 Å². The highest BCUT2D eigenvalue weighted by molar-refractivity contribution is 6.13. The van der Waals surface area contributed by atoms with Crippen molar-refractivity contribution in [3.63, 3.8) is 0 Å². The molecule has 28 nitrogen and oxygen atoms in total. The number of hydrogen-bond donors (Lipinski definition) is 0. The lowest BCUT2D eigenvalue weighted by Gasteiger charge is -2.51. The van der Waals surface area contributed by atoms with Crippen LogP contribution in [0.3, 0.4) is 0 Å². The molecular formula is C40H42N10O18. The predicted molar refractivity (Wildman–Crippen MR) is 218 cm³/mol. The minimum Gasteiger partial charge on any atom is -0.496 e. The van der Waals surface area contributed by atoms with Gasteiger partial charge in [-0.25, -0.2) is 38.4 Å². The zero-order valence-corrected chi connectivity index (χ0v) is 37.2. The first-order valence-corrected chi connectivity index (χ1v) is 21.2. The molecule has 5 saturated heterocycles. The summed E-state index contributed by atoms with van der Waals surface area (Å²) in [6.45, 7) is -2.34. The van der Waals surface area contributed by atoms with Crippen molar-refractivity contribution in [2.45, 2.75) is 76.5 Å². The van der Waals surface area contributed by atoms with E-state index in [1.54, 1.807) is 0 Å². The fourth-order valence-corrected chi connectivity index (χ4v) is 11.2. The molecule has 2 aromatic rings. The van der Waals surface area contributed by atoms with Gasteiger partial charge < -0.3 is 28.4 Å². The van der Waals surface area contributed by atoms with Gasteiger partial charge in [0.15, 0.2) is 0 Å². The number of nitrogens with zero attached hydrogens (tertiary/aromatic N) is 10. The molecule has 5 fully saturated rings. The minimum atomic E-state index is -3.15. The standard InChI is InChI=1S/C40H42N10O18/c1-7-65-29(51)37-39(31(53)67-9-3)45-19-46-34(56)42-16-22-24(28(64-6)14-12-26(22)50(61)62)18-44-36(58)48(40(46,32(54)68-10-4)38(42,44)30(52)66-8-2)20-47(39)35(57)43(37)17-23-21(15-41(37)33(45)55)25(49(59)60)11-13-27(23)63-5/h11-14H,7-10,15-20H2,1-6H3/t37-,38-,39+,40+/m0/s1. The smallest absolute Gasteiger partial charge is 0.359 e. The normalized spacial score (nSPS) is 26.0. The molecule has 2 aromatic carbocycles. The summed E-state index contributed by atoms with van der Waals surface area (Å²) in [6, 6.07) is -0.733. The van der Waals surface area contributed by atoms with E-state index in [1.165, 1.54) is 54.0 Å². The second kappa shape index (κ2) is 15.2. The highest BCUT2D eigenvalue weighted by Crippen LogP contribution is 2.62. The molecule has 0 spiro atoms. The first-order valence-electron chi connectivity index (χ1n) is 21.2. The highest BCUT2D eigenvalue weighted by atomic mass is 16.6. The number of benzene rings is 2. The van der Waals surface area contributed by atoms with E-state index in [9.17, 15) is 20.2 Å². The van der Waals surface area contributed by atoms with Crippen LogP contribution in [0.25, 0.3) is 0 Å². The zero-order valence-electron chi connectivity index (χ0n) is 37.2. The highest BCUT2D eigenvalue weighted by Gasteiger charge is 2.93. The fraction of sp³-hybridized carbons (Fsp3) is 0.500. The van der Waals surface area contributed by atoms with Crippen molar-refractivity contribution in [2.24, 2.45) is 0 Å². The lowest BCUT2D eigenvalue weighted by atomic mass is 9.88. The Labute approximate surface area is 383 Å². The van der Waals surface area contributed by atoms with Crippen LogP contribution < -0.4 is 9.47 Å². The number of fused-ring (bicyclic) bond motifs is 2. The number of esters is 4. The molecule has 7 heterocycles. The number of amides is 8. The van der Waals surface area contributed by atoms with Gasteiger partial charge in [-0.1, -0.05) is 0 Å². The van der Waals surface area contributed by atoms with Crippen LogP contribution >= 0.6 is 0 Å². The number of carbonyl (C=O) groups excluding carboxylic acids is 8. The van der Waals surface area contributed by atoms with E-state index in [1.807, 2.05) is 0 Å². The number of methoxy groups -OCH3 is 2. The van der Waals surface area contributed by atoms with E-state index < -0.39 is 158 Å². The Morgan fingerprint density at radius 3 is 0.956 bits per heavy atom. The number of urea groups is 4. The number of nitro benzene ring substituents is 2. The SMILES string of the molecule is CCOC(=O)[C@]12N3CN4C(=O)N5Cc6c(OC)ccc([N+](=O)[O-])c6CN6C(=O)N(CN1C(=O)N1Cc7c([N+](=O)[O-])ccc(OC)c7CN(C3=O)[C@]12C(=O)OCC)[C@@]4(C(=O)OCC)[C@]56C(=O)OCC. The summed E-state index contributed by atoms with van der Waals surface area (Å²) < 4.78 is 33.7. The predicted octanol–water partition coefficient (Wildman–Crippen LogP) is 1.16. The van der Waals surface area contributed by atoms with Crippen molar-refractivity contribution in [1.29, 1.82) is 0 Å². The van der Waals surface area contributed by atoms with E-state index in [2.05, 4.69) is 0 Å². The lowest BCUT2D eigenvalue weighted by Crippen LogP contribution is -2.81. The molecule has 68 heavy (non-hydrogen) atoms. The monoisotopic (exact) mass is 950 g/mol. The maximum atomic E-state index is 15.8. The van der Waals surface area contributed by atoms with Crippen LogP contribution in [0.15, 0.2) is 24.3 Å². The van der Waals surface area contributed by atoms with Crippen LogP contribution in [-0.2, 0) is 64.3 Å². The van der Waals surface area contributed by atoms with Crippen LogP contribution in [0.1, 0.15) is 49.9 Å². The van der Waals surface area contributed by atoms with Gasteiger partial charge in [0, 0.05) is 23.3 Å². The second-order valence-corrected chi connectivity index (χ2v) is 16.0. The Balaban J connectivity index is 1.40. The molecule has 4 atom stereocenters. The molecule has 0 radical (unpaired) electrons. The first kappa shape index (κ1) is 45.0. The van der Waals surface area contributed by atoms with Crippen LogP contribution in [0, 0.1) is 20.2 Å². The molecule has 0 bridgehead atoms. The molecule has 28 heteroatoms. The summed E-state index contributed by atoms with van der Waals surface area (Å²) in [7, 11) is 2.46. The molecule has 0 N–H and O–H groups in total. The molecule has 7 aliphatic rings. The van der Waals surface area contributed by atoms with E-state index in [0.29, 0.717) is 29.4 Å². The zero-order chi connectivity index (χ0) is 49.2. The van der Waals surface area contributed by atoms with Gasteiger partial charge in [-0.2, -0.15) is 0 Å². The van der Waals surface area contributed by atoms with Crippen LogP contribution in [0.5, 0.6) is 11.5 Å². The fourth-order valence-electron chi connectivity index (χ4n) is 11.2. The Morgan fingerprint density at radius 1 is 0.471 bits per heavy atom. The van der Waals surface area contributed by atoms with Gasteiger partial charge in [0.1, 0.15) is 24.8 Å². The van der Waals surface area contributed by atoms with Crippen LogP contribution in [-0.4, -0.2) is 174 Å². The largest absolute Gasteiger partial charge is 0.496 e.